The van der Waals surface area contributed by atoms with Gasteiger partial charge in [0.15, 0.2) is 0 Å². The molecule has 3 nitrogen and oxygen atoms in total. The molecule has 0 bridgehead atoms. The summed E-state index contributed by atoms with van der Waals surface area (Å²) in [5.74, 6) is 0. The van der Waals surface area contributed by atoms with Crippen LogP contribution in [0.4, 0.5) is 16.2 Å². The molecule has 1 aliphatic heterocycles. The second-order valence-electron chi connectivity index (χ2n) is 8.48. The molecule has 0 aliphatic carbocycles. The quantitative estimate of drug-likeness (QED) is 0.496. The minimum Gasteiger partial charge on any atom is -0.308 e. The van der Waals surface area contributed by atoms with Gasteiger partial charge >= 0.3 is 6.03 Å². The van der Waals surface area contributed by atoms with E-state index in [9.17, 15) is 4.79 Å². The van der Waals surface area contributed by atoms with Gasteiger partial charge in [-0.1, -0.05) is 67.1 Å². The summed E-state index contributed by atoms with van der Waals surface area (Å²) in [7, 11) is 0. The van der Waals surface area contributed by atoms with Gasteiger partial charge in [0.25, 0.3) is 0 Å². The van der Waals surface area contributed by atoms with Crippen LogP contribution in [0, 0.1) is 0 Å². The molecule has 29 heavy (non-hydrogen) atoms. The van der Waals surface area contributed by atoms with Gasteiger partial charge in [0.05, 0.1) is 5.69 Å². The monoisotopic (exact) mass is 404 g/mol. The maximum atomic E-state index is 13.4. The number of halogens is 1. The molecule has 1 N–H and O–H groups in total. The number of benzene rings is 3. The van der Waals surface area contributed by atoms with Crippen molar-refractivity contribution in [1.29, 1.82) is 0 Å². The average Bonchev–Trinajstić information content (AvgIpc) is 2.70. The number of nitrogens with zero attached hydrogens (tertiary/aromatic N) is 1. The summed E-state index contributed by atoms with van der Waals surface area (Å²) < 4.78 is 0. The normalized spacial score (nSPS) is 20.1. The van der Waals surface area contributed by atoms with E-state index in [-0.39, 0.29) is 17.0 Å². The molecule has 148 valence electrons. The van der Waals surface area contributed by atoms with Gasteiger partial charge in [0.1, 0.15) is 0 Å². The fourth-order valence-corrected chi connectivity index (χ4v) is 4.79. The van der Waals surface area contributed by atoms with E-state index in [1.54, 1.807) is 12.1 Å². The lowest BCUT2D eigenvalue weighted by atomic mass is 9.65. The van der Waals surface area contributed by atoms with Crippen molar-refractivity contribution in [1.82, 2.24) is 0 Å². The Bertz CT molecular complexity index is 1030. The third-order valence-corrected chi connectivity index (χ3v) is 6.09. The first-order valence-electron chi connectivity index (χ1n) is 9.83. The lowest BCUT2D eigenvalue weighted by Crippen LogP contribution is -2.57. The highest BCUT2D eigenvalue weighted by Gasteiger charge is 2.47. The Morgan fingerprint density at radius 1 is 0.897 bits per heavy atom. The summed E-state index contributed by atoms with van der Waals surface area (Å²) in [6, 6.07) is 25.8. The van der Waals surface area contributed by atoms with Crippen LogP contribution in [0.15, 0.2) is 78.9 Å². The number of amides is 2. The predicted molar refractivity (Wildman–Crippen MR) is 121 cm³/mol. The van der Waals surface area contributed by atoms with Gasteiger partial charge in [0, 0.05) is 21.7 Å². The zero-order valence-corrected chi connectivity index (χ0v) is 17.7. The second-order valence-corrected chi connectivity index (χ2v) is 8.91. The number of para-hydroxylation sites is 1. The van der Waals surface area contributed by atoms with E-state index in [1.807, 2.05) is 41.3 Å². The van der Waals surface area contributed by atoms with E-state index in [2.05, 4.69) is 56.4 Å². The van der Waals surface area contributed by atoms with Crippen molar-refractivity contribution >= 4 is 29.0 Å². The third-order valence-electron chi connectivity index (χ3n) is 5.84. The van der Waals surface area contributed by atoms with E-state index in [1.165, 1.54) is 5.56 Å². The van der Waals surface area contributed by atoms with Crippen molar-refractivity contribution < 1.29 is 4.79 Å². The Balaban J connectivity index is 1.78. The molecule has 1 heterocycles. The maximum absolute atomic E-state index is 13.4. The van der Waals surface area contributed by atoms with Crippen LogP contribution in [-0.4, -0.2) is 11.6 Å². The highest BCUT2D eigenvalue weighted by molar-refractivity contribution is 6.30. The smallest absolute Gasteiger partial charge is 0.308 e. The number of hydrogen-bond donors (Lipinski definition) is 1. The van der Waals surface area contributed by atoms with E-state index < -0.39 is 0 Å². The number of urea groups is 1. The number of anilines is 2. The van der Waals surface area contributed by atoms with Crippen LogP contribution < -0.4 is 10.2 Å². The molecule has 4 heteroatoms. The summed E-state index contributed by atoms with van der Waals surface area (Å²) in [6.45, 7) is 6.54. The molecule has 0 spiro atoms. The molecule has 3 aromatic carbocycles. The molecule has 2 amide bonds. The van der Waals surface area contributed by atoms with Crippen LogP contribution in [-0.2, 0) is 5.41 Å². The van der Waals surface area contributed by atoms with Gasteiger partial charge in [-0.05, 0) is 61.7 Å². The summed E-state index contributed by atoms with van der Waals surface area (Å²) in [5, 5.41) is 3.67. The van der Waals surface area contributed by atoms with Gasteiger partial charge in [-0.2, -0.15) is 0 Å². The minimum atomic E-state index is -0.380. The number of rotatable bonds is 2. The van der Waals surface area contributed by atoms with Crippen LogP contribution in [0.3, 0.4) is 0 Å². The van der Waals surface area contributed by atoms with Crippen molar-refractivity contribution in [2.24, 2.45) is 0 Å². The number of hydrogen-bond acceptors (Lipinski definition) is 1. The van der Waals surface area contributed by atoms with Crippen molar-refractivity contribution in [3.63, 3.8) is 0 Å². The van der Waals surface area contributed by atoms with Gasteiger partial charge in [-0.15, -0.1) is 0 Å². The average molecular weight is 405 g/mol. The zero-order chi connectivity index (χ0) is 20.6. The topological polar surface area (TPSA) is 32.3 Å². The van der Waals surface area contributed by atoms with E-state index in [0.717, 1.165) is 23.4 Å². The standard InChI is InChI=1S/C25H25ClN2O/c1-24(2)17-25(3,18-9-5-4-6-10-18)21-11-7-8-12-22(21)28(24)23(29)27-20-15-13-19(26)14-16-20/h4-16H,17H2,1-3H3,(H,27,29)/t25-/m1/s1. The maximum Gasteiger partial charge on any atom is 0.326 e. The zero-order valence-electron chi connectivity index (χ0n) is 16.9. The molecule has 4 rings (SSSR count). The highest BCUT2D eigenvalue weighted by atomic mass is 35.5. The van der Waals surface area contributed by atoms with Gasteiger partial charge < -0.3 is 5.32 Å². The third kappa shape index (κ3) is 3.51. The molecule has 1 atom stereocenters. The Morgan fingerprint density at radius 3 is 2.21 bits per heavy atom. The van der Waals surface area contributed by atoms with E-state index >= 15 is 0 Å². The van der Waals surface area contributed by atoms with Crippen molar-refractivity contribution in [3.05, 3.63) is 95.0 Å². The van der Waals surface area contributed by atoms with Crippen LogP contribution in [0.2, 0.25) is 5.02 Å². The number of nitrogens with one attached hydrogen (secondary N) is 1. The van der Waals surface area contributed by atoms with Gasteiger partial charge in [-0.3, -0.25) is 4.90 Å². The molecule has 0 fully saturated rings. The largest absolute Gasteiger partial charge is 0.326 e. The molecule has 1 aliphatic rings. The van der Waals surface area contributed by atoms with Crippen LogP contribution in [0.5, 0.6) is 0 Å². The first kappa shape index (κ1) is 19.5. The number of fused-ring (bicyclic) bond motifs is 1. The molecule has 0 radical (unpaired) electrons. The van der Waals surface area contributed by atoms with Crippen molar-refractivity contribution in [3.8, 4) is 0 Å². The van der Waals surface area contributed by atoms with Crippen molar-refractivity contribution in [2.75, 3.05) is 10.2 Å². The van der Waals surface area contributed by atoms with Crippen molar-refractivity contribution in [2.45, 2.75) is 38.1 Å². The van der Waals surface area contributed by atoms with E-state index in [0.29, 0.717) is 5.02 Å². The lowest BCUT2D eigenvalue weighted by Gasteiger charge is -2.51. The van der Waals surface area contributed by atoms with Crippen LogP contribution >= 0.6 is 11.6 Å². The summed E-state index contributed by atoms with van der Waals surface area (Å²) in [6.07, 6.45) is 0.815. The van der Waals surface area contributed by atoms with Crippen LogP contribution in [0.1, 0.15) is 38.3 Å². The molecule has 0 aromatic heterocycles. The Labute approximate surface area is 177 Å². The second kappa shape index (κ2) is 7.23. The summed E-state index contributed by atoms with van der Waals surface area (Å²) in [5.41, 5.74) is 3.54. The molecule has 0 unspecified atom stereocenters. The first-order chi connectivity index (χ1) is 13.8. The summed E-state index contributed by atoms with van der Waals surface area (Å²) >= 11 is 5.98. The van der Waals surface area contributed by atoms with Gasteiger partial charge in [0.2, 0.25) is 0 Å². The SMILES string of the molecule is CC1(C)C[C@](C)(c2ccccc2)c2ccccc2N1C(=O)Nc1ccc(Cl)cc1. The molecule has 0 saturated carbocycles. The van der Waals surface area contributed by atoms with E-state index in [4.69, 9.17) is 11.6 Å². The minimum absolute atomic E-state index is 0.139. The fraction of sp³-hybridized carbons (Fsp3) is 0.240. The molecular formula is C25H25ClN2O. The van der Waals surface area contributed by atoms with Gasteiger partial charge in [-0.25, -0.2) is 4.79 Å². The fourth-order valence-electron chi connectivity index (χ4n) is 4.66. The van der Waals surface area contributed by atoms with Crippen LogP contribution in [0.25, 0.3) is 0 Å². The summed E-state index contributed by atoms with van der Waals surface area (Å²) in [4.78, 5) is 15.3. The number of carbonyl (C=O) groups excluding carboxylic acids is 1. The lowest BCUT2D eigenvalue weighted by molar-refractivity contribution is 0.243. The molecule has 0 saturated heterocycles. The Kier molecular flexibility index (Phi) is 4.87. The highest BCUT2D eigenvalue weighted by Crippen LogP contribution is 2.50. The molecule has 3 aromatic rings. The first-order valence-corrected chi connectivity index (χ1v) is 10.2. The molecular weight excluding hydrogens is 380 g/mol. The Morgan fingerprint density at radius 2 is 1.52 bits per heavy atom. The Hall–Kier alpha value is -2.78. The predicted octanol–water partition coefficient (Wildman–Crippen LogP) is 6.87. The number of carbonyl (C=O) groups is 1.